The summed E-state index contributed by atoms with van der Waals surface area (Å²) >= 11 is 3.36. The van der Waals surface area contributed by atoms with Crippen molar-refractivity contribution in [1.82, 2.24) is 4.98 Å². The maximum atomic E-state index is 12.6. The van der Waals surface area contributed by atoms with Crippen molar-refractivity contribution in [2.75, 3.05) is 5.43 Å². The Kier molecular flexibility index (Phi) is 6.85. The highest BCUT2D eigenvalue weighted by molar-refractivity contribution is 9.10. The highest BCUT2D eigenvalue weighted by atomic mass is 79.9. The third-order valence-corrected chi connectivity index (χ3v) is 4.48. The second-order valence-electron chi connectivity index (χ2n) is 6.19. The Morgan fingerprint density at radius 2 is 1.90 bits per heavy atom. The number of hydrogen-bond acceptors (Lipinski definition) is 6. The number of rotatable bonds is 7. The van der Waals surface area contributed by atoms with Gasteiger partial charge < -0.3 is 4.74 Å². The molecule has 31 heavy (non-hydrogen) atoms. The number of pyridine rings is 1. The van der Waals surface area contributed by atoms with E-state index in [9.17, 15) is 23.3 Å². The highest BCUT2D eigenvalue weighted by Crippen LogP contribution is 2.29. The Bertz CT molecular complexity index is 1090. The van der Waals surface area contributed by atoms with Crippen LogP contribution in [-0.4, -0.2) is 16.1 Å². The second kappa shape index (κ2) is 9.56. The number of benzene rings is 2. The molecule has 1 aromatic heterocycles. The summed E-state index contributed by atoms with van der Waals surface area (Å²) < 4.78 is 44.3. The van der Waals surface area contributed by atoms with Crippen LogP contribution in [0.4, 0.5) is 24.7 Å². The van der Waals surface area contributed by atoms with E-state index in [0.29, 0.717) is 11.3 Å². The van der Waals surface area contributed by atoms with Crippen LogP contribution in [0.25, 0.3) is 0 Å². The molecule has 0 saturated heterocycles. The third kappa shape index (κ3) is 6.25. The van der Waals surface area contributed by atoms with Crippen LogP contribution in [0.5, 0.6) is 5.75 Å². The van der Waals surface area contributed by atoms with Gasteiger partial charge in [0.25, 0.3) is 5.69 Å². The summed E-state index contributed by atoms with van der Waals surface area (Å²) in [6, 6.07) is 13.3. The molecular weight excluding hydrogens is 481 g/mol. The number of halogens is 4. The zero-order valence-electron chi connectivity index (χ0n) is 15.6. The second-order valence-corrected chi connectivity index (χ2v) is 7.11. The van der Waals surface area contributed by atoms with Crippen molar-refractivity contribution >= 4 is 33.6 Å². The molecule has 3 rings (SSSR count). The van der Waals surface area contributed by atoms with Gasteiger partial charge in [-0.05, 0) is 48.0 Å². The fourth-order valence-corrected chi connectivity index (χ4v) is 2.80. The fraction of sp³-hybridized carbons (Fsp3) is 0.100. The zero-order chi connectivity index (χ0) is 22.4. The van der Waals surface area contributed by atoms with E-state index < -0.39 is 16.7 Å². The first-order valence-electron chi connectivity index (χ1n) is 8.70. The summed E-state index contributed by atoms with van der Waals surface area (Å²) in [7, 11) is 0. The SMILES string of the molecule is O=[N+]([O-])c1ccc(COc2ccc(Br)cc2/C=N\Nc2ccc(C(F)(F)F)cn2)cc1. The zero-order valence-corrected chi connectivity index (χ0v) is 17.2. The molecule has 3 aromatic rings. The van der Waals surface area contributed by atoms with E-state index in [0.717, 1.165) is 22.3 Å². The molecule has 1 N–H and O–H groups in total. The maximum absolute atomic E-state index is 12.6. The average Bonchev–Trinajstić information content (AvgIpc) is 2.73. The number of hydrogen-bond donors (Lipinski definition) is 1. The quantitative estimate of drug-likeness (QED) is 0.255. The van der Waals surface area contributed by atoms with Crippen LogP contribution in [0, 0.1) is 10.1 Å². The molecule has 2 aromatic carbocycles. The van der Waals surface area contributed by atoms with Crippen LogP contribution in [-0.2, 0) is 12.8 Å². The summed E-state index contributed by atoms with van der Waals surface area (Å²) in [4.78, 5) is 13.9. The molecule has 0 amide bonds. The Labute approximate surface area is 182 Å². The minimum Gasteiger partial charge on any atom is -0.488 e. The lowest BCUT2D eigenvalue weighted by Gasteiger charge is -2.10. The lowest BCUT2D eigenvalue weighted by atomic mass is 10.2. The van der Waals surface area contributed by atoms with Crippen LogP contribution >= 0.6 is 15.9 Å². The van der Waals surface area contributed by atoms with Crippen molar-refractivity contribution in [3.63, 3.8) is 0 Å². The normalized spacial score (nSPS) is 11.5. The van der Waals surface area contributed by atoms with Crippen LogP contribution in [0.3, 0.4) is 0 Å². The number of nitrogens with one attached hydrogen (secondary N) is 1. The van der Waals surface area contributed by atoms with Gasteiger partial charge in [0.05, 0.1) is 16.7 Å². The monoisotopic (exact) mass is 494 g/mol. The lowest BCUT2D eigenvalue weighted by Crippen LogP contribution is -2.05. The van der Waals surface area contributed by atoms with Gasteiger partial charge in [0.1, 0.15) is 18.2 Å². The fourth-order valence-electron chi connectivity index (χ4n) is 2.42. The summed E-state index contributed by atoms with van der Waals surface area (Å²) in [5.74, 6) is 0.639. The minimum absolute atomic E-state index is 0.0110. The molecule has 0 unspecified atom stereocenters. The van der Waals surface area contributed by atoms with Crippen molar-refractivity contribution in [1.29, 1.82) is 0 Å². The topological polar surface area (TPSA) is 89.7 Å². The smallest absolute Gasteiger partial charge is 0.417 e. The van der Waals surface area contributed by atoms with Gasteiger partial charge in [0.2, 0.25) is 0 Å². The van der Waals surface area contributed by atoms with E-state index in [-0.39, 0.29) is 18.1 Å². The molecule has 0 aliphatic rings. The van der Waals surface area contributed by atoms with Gasteiger partial charge in [-0.15, -0.1) is 0 Å². The molecule has 0 aliphatic heterocycles. The Balaban J connectivity index is 1.67. The van der Waals surface area contributed by atoms with Crippen molar-refractivity contribution < 1.29 is 22.8 Å². The average molecular weight is 495 g/mol. The van der Waals surface area contributed by atoms with Crippen LogP contribution in [0.1, 0.15) is 16.7 Å². The molecule has 0 spiro atoms. The molecule has 0 radical (unpaired) electrons. The van der Waals surface area contributed by atoms with E-state index in [1.807, 2.05) is 0 Å². The predicted octanol–water partition coefficient (Wildman–Crippen LogP) is 5.80. The van der Waals surface area contributed by atoms with Gasteiger partial charge in [-0.25, -0.2) is 4.98 Å². The molecule has 160 valence electrons. The van der Waals surface area contributed by atoms with E-state index in [4.69, 9.17) is 4.74 Å². The van der Waals surface area contributed by atoms with Crippen molar-refractivity contribution in [3.8, 4) is 5.75 Å². The first-order chi connectivity index (χ1) is 14.7. The third-order valence-electron chi connectivity index (χ3n) is 3.99. The van der Waals surface area contributed by atoms with Gasteiger partial charge in [-0.2, -0.15) is 18.3 Å². The molecule has 7 nitrogen and oxygen atoms in total. The largest absolute Gasteiger partial charge is 0.488 e. The first-order valence-corrected chi connectivity index (χ1v) is 9.50. The molecule has 0 bridgehead atoms. The Morgan fingerprint density at radius 3 is 2.52 bits per heavy atom. The Morgan fingerprint density at radius 1 is 1.16 bits per heavy atom. The molecule has 1 heterocycles. The van der Waals surface area contributed by atoms with Crippen molar-refractivity contribution in [2.45, 2.75) is 12.8 Å². The standard InChI is InChI=1S/C20H14BrF3N4O3/c21-16-4-7-18(31-12-13-1-5-17(6-2-13)28(29)30)14(9-16)10-26-27-19-8-3-15(11-25-19)20(22,23)24/h1-11H,12H2,(H,25,27)/b26-10-. The number of nitro groups is 1. The lowest BCUT2D eigenvalue weighted by molar-refractivity contribution is -0.384. The number of nitrogens with zero attached hydrogens (tertiary/aromatic N) is 3. The number of anilines is 1. The van der Waals surface area contributed by atoms with Crippen LogP contribution < -0.4 is 10.2 Å². The number of aromatic nitrogens is 1. The summed E-state index contributed by atoms with van der Waals surface area (Å²) in [6.07, 6.45) is -2.30. The molecule has 0 saturated carbocycles. The molecule has 0 atom stereocenters. The maximum Gasteiger partial charge on any atom is 0.417 e. The number of alkyl halides is 3. The minimum atomic E-state index is -4.46. The van der Waals surface area contributed by atoms with Gasteiger partial charge in [-0.1, -0.05) is 15.9 Å². The van der Waals surface area contributed by atoms with E-state index >= 15 is 0 Å². The number of nitro benzene ring substituents is 1. The van der Waals surface area contributed by atoms with Gasteiger partial charge >= 0.3 is 6.18 Å². The number of ether oxygens (including phenoxy) is 1. The number of non-ortho nitro benzene ring substituents is 1. The summed E-state index contributed by atoms with van der Waals surface area (Å²) in [5, 5.41) is 14.7. The van der Waals surface area contributed by atoms with Gasteiger partial charge in [0, 0.05) is 28.4 Å². The molecular formula is C20H14BrF3N4O3. The highest BCUT2D eigenvalue weighted by Gasteiger charge is 2.30. The van der Waals surface area contributed by atoms with E-state index in [1.54, 1.807) is 30.3 Å². The number of hydrazone groups is 1. The Hall–Kier alpha value is -3.47. The van der Waals surface area contributed by atoms with Gasteiger partial charge in [0.15, 0.2) is 0 Å². The summed E-state index contributed by atoms with van der Waals surface area (Å²) in [6.45, 7) is 0.175. The first kappa shape index (κ1) is 22.2. The van der Waals surface area contributed by atoms with E-state index in [2.05, 4.69) is 31.4 Å². The van der Waals surface area contributed by atoms with E-state index in [1.165, 1.54) is 24.4 Å². The van der Waals surface area contributed by atoms with Gasteiger partial charge in [-0.3, -0.25) is 15.5 Å². The molecule has 0 fully saturated rings. The van der Waals surface area contributed by atoms with Crippen molar-refractivity contribution in [3.05, 3.63) is 92.1 Å². The molecule has 11 heteroatoms. The summed E-state index contributed by atoms with van der Waals surface area (Å²) in [5.41, 5.74) is 3.04. The van der Waals surface area contributed by atoms with Crippen molar-refractivity contribution in [2.24, 2.45) is 5.10 Å². The molecule has 0 aliphatic carbocycles. The van der Waals surface area contributed by atoms with Crippen LogP contribution in [0.2, 0.25) is 0 Å². The predicted molar refractivity (Wildman–Crippen MR) is 112 cm³/mol. The van der Waals surface area contributed by atoms with Crippen LogP contribution in [0.15, 0.2) is 70.4 Å².